The van der Waals surface area contributed by atoms with E-state index in [0.29, 0.717) is 0 Å². The number of aryl methyl sites for hydroxylation is 1. The molecule has 4 heteroatoms. The summed E-state index contributed by atoms with van der Waals surface area (Å²) in [7, 11) is 3.86. The van der Waals surface area contributed by atoms with Crippen molar-refractivity contribution in [2.45, 2.75) is 13.5 Å². The number of rotatable bonds is 3. The SMILES string of the molecule is CNCc1cc(-c2cnn(C)c2C)ccc1Cl. The molecule has 0 amide bonds. The van der Waals surface area contributed by atoms with E-state index in [1.165, 1.54) is 0 Å². The summed E-state index contributed by atoms with van der Waals surface area (Å²) in [5.41, 5.74) is 4.57. The van der Waals surface area contributed by atoms with E-state index in [9.17, 15) is 0 Å². The molecule has 0 aliphatic heterocycles. The normalized spacial score (nSPS) is 10.8. The molecule has 0 aliphatic carbocycles. The smallest absolute Gasteiger partial charge is 0.0571 e. The number of nitrogens with one attached hydrogen (secondary N) is 1. The predicted octanol–water partition coefficient (Wildman–Crippen LogP) is 2.77. The molecular formula is C13H16ClN3. The minimum Gasteiger partial charge on any atom is -0.316 e. The Morgan fingerprint density at radius 1 is 1.41 bits per heavy atom. The van der Waals surface area contributed by atoms with Crippen LogP contribution in [0.5, 0.6) is 0 Å². The highest BCUT2D eigenvalue weighted by Gasteiger charge is 2.08. The molecule has 0 fully saturated rings. The van der Waals surface area contributed by atoms with Crippen molar-refractivity contribution < 1.29 is 0 Å². The van der Waals surface area contributed by atoms with Crippen LogP contribution < -0.4 is 5.32 Å². The minimum atomic E-state index is 0.770. The van der Waals surface area contributed by atoms with Gasteiger partial charge in [0.05, 0.1) is 6.20 Å². The summed E-state index contributed by atoms with van der Waals surface area (Å²) in [6.45, 7) is 2.83. The van der Waals surface area contributed by atoms with Crippen molar-refractivity contribution in [3.63, 3.8) is 0 Å². The van der Waals surface area contributed by atoms with E-state index in [0.717, 1.165) is 34.0 Å². The van der Waals surface area contributed by atoms with Crippen molar-refractivity contribution in [1.82, 2.24) is 15.1 Å². The number of nitrogens with zero attached hydrogens (tertiary/aromatic N) is 2. The van der Waals surface area contributed by atoms with Gasteiger partial charge in [-0.3, -0.25) is 4.68 Å². The molecule has 2 aromatic rings. The molecule has 1 heterocycles. The van der Waals surface area contributed by atoms with Gasteiger partial charge in [0.1, 0.15) is 0 Å². The Hall–Kier alpha value is -1.32. The third kappa shape index (κ3) is 2.35. The zero-order chi connectivity index (χ0) is 12.4. The standard InChI is InChI=1S/C13H16ClN3/c1-9-12(8-16-17(9)3)10-4-5-13(14)11(6-10)7-15-2/h4-6,8,15H,7H2,1-3H3. The van der Waals surface area contributed by atoms with E-state index in [1.807, 2.05) is 37.1 Å². The van der Waals surface area contributed by atoms with Crippen molar-refractivity contribution in [2.75, 3.05) is 7.05 Å². The zero-order valence-electron chi connectivity index (χ0n) is 10.3. The van der Waals surface area contributed by atoms with Gasteiger partial charge >= 0.3 is 0 Å². The van der Waals surface area contributed by atoms with Crippen molar-refractivity contribution in [3.8, 4) is 11.1 Å². The van der Waals surface area contributed by atoms with Gasteiger partial charge in [0.2, 0.25) is 0 Å². The number of benzene rings is 1. The molecule has 0 saturated heterocycles. The van der Waals surface area contributed by atoms with Crippen LogP contribution >= 0.6 is 11.6 Å². The second kappa shape index (κ2) is 4.90. The van der Waals surface area contributed by atoms with Gasteiger partial charge in [-0.05, 0) is 37.2 Å². The molecule has 0 atom stereocenters. The van der Waals surface area contributed by atoms with E-state index < -0.39 is 0 Å². The fourth-order valence-corrected chi connectivity index (χ4v) is 2.03. The van der Waals surface area contributed by atoms with Gasteiger partial charge in [-0.25, -0.2) is 0 Å². The second-order valence-corrected chi connectivity index (χ2v) is 4.51. The van der Waals surface area contributed by atoms with Gasteiger partial charge < -0.3 is 5.32 Å². The zero-order valence-corrected chi connectivity index (χ0v) is 11.0. The van der Waals surface area contributed by atoms with Gasteiger partial charge in [0.15, 0.2) is 0 Å². The molecule has 0 bridgehead atoms. The van der Waals surface area contributed by atoms with Crippen molar-refractivity contribution in [1.29, 1.82) is 0 Å². The first-order valence-electron chi connectivity index (χ1n) is 5.55. The van der Waals surface area contributed by atoms with Crippen LogP contribution in [0.25, 0.3) is 11.1 Å². The Morgan fingerprint density at radius 2 is 2.18 bits per heavy atom. The highest BCUT2D eigenvalue weighted by molar-refractivity contribution is 6.31. The van der Waals surface area contributed by atoms with Gasteiger partial charge in [-0.1, -0.05) is 17.7 Å². The van der Waals surface area contributed by atoms with Gasteiger partial charge in [-0.15, -0.1) is 0 Å². The lowest BCUT2D eigenvalue weighted by atomic mass is 10.0. The van der Waals surface area contributed by atoms with E-state index in [1.54, 1.807) is 0 Å². The lowest BCUT2D eigenvalue weighted by Crippen LogP contribution is -2.05. The van der Waals surface area contributed by atoms with Crippen LogP contribution in [0.2, 0.25) is 5.02 Å². The second-order valence-electron chi connectivity index (χ2n) is 4.10. The number of hydrogen-bond donors (Lipinski definition) is 1. The topological polar surface area (TPSA) is 29.9 Å². The molecule has 1 N–H and O–H groups in total. The maximum absolute atomic E-state index is 6.15. The fraction of sp³-hybridized carbons (Fsp3) is 0.308. The number of hydrogen-bond acceptors (Lipinski definition) is 2. The molecule has 0 radical (unpaired) electrons. The Morgan fingerprint density at radius 3 is 2.76 bits per heavy atom. The van der Waals surface area contributed by atoms with E-state index in [4.69, 9.17) is 11.6 Å². The molecular weight excluding hydrogens is 234 g/mol. The third-order valence-electron chi connectivity index (χ3n) is 2.96. The van der Waals surface area contributed by atoms with E-state index in [2.05, 4.69) is 23.4 Å². The van der Waals surface area contributed by atoms with Crippen LogP contribution in [0.4, 0.5) is 0 Å². The molecule has 1 aromatic heterocycles. The molecule has 0 aliphatic rings. The Bertz CT molecular complexity index is 531. The highest BCUT2D eigenvalue weighted by atomic mass is 35.5. The first-order valence-corrected chi connectivity index (χ1v) is 5.93. The summed E-state index contributed by atoms with van der Waals surface area (Å²) in [6.07, 6.45) is 1.89. The molecule has 90 valence electrons. The first kappa shape index (κ1) is 12.1. The maximum atomic E-state index is 6.15. The van der Waals surface area contributed by atoms with Gasteiger partial charge in [-0.2, -0.15) is 5.10 Å². The molecule has 1 aromatic carbocycles. The third-order valence-corrected chi connectivity index (χ3v) is 3.33. The largest absolute Gasteiger partial charge is 0.316 e. The molecule has 0 unspecified atom stereocenters. The van der Waals surface area contributed by atoms with Crippen molar-refractivity contribution in [2.24, 2.45) is 7.05 Å². The highest BCUT2D eigenvalue weighted by Crippen LogP contribution is 2.27. The lowest BCUT2D eigenvalue weighted by Gasteiger charge is -2.07. The minimum absolute atomic E-state index is 0.770. The van der Waals surface area contributed by atoms with E-state index >= 15 is 0 Å². The average molecular weight is 250 g/mol. The molecule has 0 saturated carbocycles. The summed E-state index contributed by atoms with van der Waals surface area (Å²) in [5, 5.41) is 8.17. The molecule has 0 spiro atoms. The molecule has 3 nitrogen and oxygen atoms in total. The summed E-state index contributed by atoms with van der Waals surface area (Å²) in [6, 6.07) is 6.09. The fourth-order valence-electron chi connectivity index (χ4n) is 1.85. The Labute approximate surface area is 106 Å². The summed E-state index contributed by atoms with van der Waals surface area (Å²) < 4.78 is 1.88. The van der Waals surface area contributed by atoms with Crippen LogP contribution in [-0.2, 0) is 13.6 Å². The maximum Gasteiger partial charge on any atom is 0.0571 e. The van der Waals surface area contributed by atoms with Crippen LogP contribution in [0.15, 0.2) is 24.4 Å². The monoisotopic (exact) mass is 249 g/mol. The van der Waals surface area contributed by atoms with E-state index in [-0.39, 0.29) is 0 Å². The van der Waals surface area contributed by atoms with Crippen molar-refractivity contribution >= 4 is 11.6 Å². The summed E-state index contributed by atoms with van der Waals surface area (Å²) in [5.74, 6) is 0. The van der Waals surface area contributed by atoms with Crippen LogP contribution in [0.3, 0.4) is 0 Å². The first-order chi connectivity index (χ1) is 8.13. The van der Waals surface area contributed by atoms with Gasteiger partial charge in [0, 0.05) is 29.9 Å². The predicted molar refractivity (Wildman–Crippen MR) is 71.2 cm³/mol. The summed E-state index contributed by atoms with van der Waals surface area (Å²) >= 11 is 6.15. The quantitative estimate of drug-likeness (QED) is 0.907. The van der Waals surface area contributed by atoms with Crippen LogP contribution in [-0.4, -0.2) is 16.8 Å². The van der Waals surface area contributed by atoms with Crippen LogP contribution in [0, 0.1) is 6.92 Å². The Balaban J connectivity index is 2.46. The van der Waals surface area contributed by atoms with Gasteiger partial charge in [0.25, 0.3) is 0 Å². The molecule has 2 rings (SSSR count). The summed E-state index contributed by atoms with van der Waals surface area (Å²) in [4.78, 5) is 0. The number of aromatic nitrogens is 2. The number of halogens is 1. The molecule has 17 heavy (non-hydrogen) atoms. The van der Waals surface area contributed by atoms with Crippen LogP contribution in [0.1, 0.15) is 11.3 Å². The lowest BCUT2D eigenvalue weighted by molar-refractivity contribution is 0.740. The average Bonchev–Trinajstić information content (AvgIpc) is 2.64. The van der Waals surface area contributed by atoms with Crippen molar-refractivity contribution in [3.05, 3.63) is 40.7 Å². The Kier molecular flexibility index (Phi) is 3.50.